The molecule has 4 heteroatoms. The Morgan fingerprint density at radius 2 is 1.56 bits per heavy atom. The van der Waals surface area contributed by atoms with Gasteiger partial charge >= 0.3 is 0 Å². The SMILES string of the molecule is CCCOc1ccccc1C1C2=C(CCCC2=O)N(C)C2=C1C(=O)CCC2. The summed E-state index contributed by atoms with van der Waals surface area (Å²) in [5, 5.41) is 0. The van der Waals surface area contributed by atoms with Crippen LogP contribution in [0, 0.1) is 0 Å². The Morgan fingerprint density at radius 1 is 0.963 bits per heavy atom. The van der Waals surface area contributed by atoms with E-state index in [9.17, 15) is 9.59 Å². The standard InChI is InChI=1S/C23H27NO3/c1-3-14-27-20-13-5-4-8-15(20)21-22-16(9-6-11-18(22)25)24(2)17-10-7-12-19(26)23(17)21/h4-5,8,13,21H,3,6-7,9-12,14H2,1-2H3. The van der Waals surface area contributed by atoms with Gasteiger partial charge in [-0.1, -0.05) is 25.1 Å². The Hall–Kier alpha value is -2.36. The van der Waals surface area contributed by atoms with E-state index in [1.165, 1.54) is 0 Å². The number of benzene rings is 1. The van der Waals surface area contributed by atoms with Crippen molar-refractivity contribution in [3.8, 4) is 5.75 Å². The summed E-state index contributed by atoms with van der Waals surface area (Å²) in [7, 11) is 2.03. The minimum absolute atomic E-state index is 0.184. The van der Waals surface area contributed by atoms with Crippen LogP contribution in [-0.4, -0.2) is 30.1 Å². The monoisotopic (exact) mass is 365 g/mol. The molecule has 0 saturated carbocycles. The number of allylic oxidation sites excluding steroid dienone is 4. The van der Waals surface area contributed by atoms with Crippen molar-refractivity contribution in [2.45, 2.75) is 57.8 Å². The number of carbonyl (C=O) groups is 2. The number of hydrogen-bond acceptors (Lipinski definition) is 4. The second-order valence-electron chi connectivity index (χ2n) is 7.65. The number of nitrogens with zero attached hydrogens (tertiary/aromatic N) is 1. The van der Waals surface area contributed by atoms with Crippen LogP contribution in [0.3, 0.4) is 0 Å². The Morgan fingerprint density at radius 3 is 2.15 bits per heavy atom. The number of ether oxygens (including phenoxy) is 1. The highest BCUT2D eigenvalue weighted by atomic mass is 16.5. The maximum absolute atomic E-state index is 13.0. The van der Waals surface area contributed by atoms with Gasteiger partial charge in [0.1, 0.15) is 5.75 Å². The van der Waals surface area contributed by atoms with Crippen LogP contribution < -0.4 is 4.74 Å². The molecular weight excluding hydrogens is 338 g/mol. The minimum atomic E-state index is -0.278. The first-order valence-corrected chi connectivity index (χ1v) is 10.1. The van der Waals surface area contributed by atoms with Crippen molar-refractivity contribution in [1.82, 2.24) is 4.90 Å². The van der Waals surface area contributed by atoms with Crippen molar-refractivity contribution in [3.63, 3.8) is 0 Å². The molecule has 0 bridgehead atoms. The van der Waals surface area contributed by atoms with Crippen LogP contribution in [0.1, 0.15) is 63.4 Å². The van der Waals surface area contributed by atoms with Gasteiger partial charge in [0.05, 0.1) is 6.61 Å². The highest BCUT2D eigenvalue weighted by Gasteiger charge is 2.43. The van der Waals surface area contributed by atoms with Gasteiger partial charge in [0.15, 0.2) is 11.6 Å². The molecule has 0 radical (unpaired) electrons. The van der Waals surface area contributed by atoms with Crippen molar-refractivity contribution in [1.29, 1.82) is 0 Å². The van der Waals surface area contributed by atoms with Gasteiger partial charge in [-0.05, 0) is 38.2 Å². The zero-order chi connectivity index (χ0) is 19.0. The van der Waals surface area contributed by atoms with E-state index in [2.05, 4.69) is 11.8 Å². The van der Waals surface area contributed by atoms with Crippen molar-refractivity contribution in [2.75, 3.05) is 13.7 Å². The van der Waals surface area contributed by atoms with Gasteiger partial charge in [0, 0.05) is 53.9 Å². The van der Waals surface area contributed by atoms with E-state index in [4.69, 9.17) is 4.74 Å². The molecule has 4 rings (SSSR count). The number of hydrogen-bond donors (Lipinski definition) is 0. The lowest BCUT2D eigenvalue weighted by molar-refractivity contribution is -0.117. The van der Waals surface area contributed by atoms with E-state index >= 15 is 0 Å². The van der Waals surface area contributed by atoms with Gasteiger partial charge in [-0.15, -0.1) is 0 Å². The second-order valence-corrected chi connectivity index (χ2v) is 7.65. The summed E-state index contributed by atoms with van der Waals surface area (Å²) in [4.78, 5) is 28.2. The molecule has 1 aromatic rings. The second kappa shape index (κ2) is 7.34. The fourth-order valence-electron chi connectivity index (χ4n) is 4.73. The third-order valence-corrected chi connectivity index (χ3v) is 5.94. The Kier molecular flexibility index (Phi) is 4.90. The molecule has 3 aliphatic rings. The first-order chi connectivity index (χ1) is 13.1. The summed E-state index contributed by atoms with van der Waals surface area (Å²) in [6.45, 7) is 2.71. The smallest absolute Gasteiger partial charge is 0.161 e. The van der Waals surface area contributed by atoms with E-state index in [1.54, 1.807) is 0 Å². The van der Waals surface area contributed by atoms with Gasteiger partial charge in [-0.25, -0.2) is 0 Å². The third-order valence-electron chi connectivity index (χ3n) is 5.94. The van der Waals surface area contributed by atoms with E-state index in [1.807, 2.05) is 31.3 Å². The lowest BCUT2D eigenvalue weighted by Gasteiger charge is -2.42. The van der Waals surface area contributed by atoms with Crippen LogP contribution in [0.5, 0.6) is 5.75 Å². The van der Waals surface area contributed by atoms with Gasteiger partial charge in [-0.3, -0.25) is 9.59 Å². The van der Waals surface area contributed by atoms with Crippen molar-refractivity contribution in [3.05, 3.63) is 52.4 Å². The van der Waals surface area contributed by atoms with Crippen LogP contribution >= 0.6 is 0 Å². The minimum Gasteiger partial charge on any atom is -0.493 e. The first kappa shape index (κ1) is 18.0. The number of para-hydroxylation sites is 1. The van der Waals surface area contributed by atoms with Crippen LogP contribution in [-0.2, 0) is 9.59 Å². The van der Waals surface area contributed by atoms with Crippen LogP contribution in [0.2, 0.25) is 0 Å². The topological polar surface area (TPSA) is 46.6 Å². The van der Waals surface area contributed by atoms with Gasteiger partial charge in [0.2, 0.25) is 0 Å². The maximum Gasteiger partial charge on any atom is 0.161 e. The normalized spacial score (nSPS) is 20.7. The third kappa shape index (κ3) is 3.01. The predicted octanol–water partition coefficient (Wildman–Crippen LogP) is 4.52. The van der Waals surface area contributed by atoms with Gasteiger partial charge in [-0.2, -0.15) is 0 Å². The Labute approximate surface area is 160 Å². The number of Topliss-reactive ketones (excluding diaryl/α,β-unsaturated/α-hetero) is 2. The zero-order valence-corrected chi connectivity index (χ0v) is 16.2. The fraction of sp³-hybridized carbons (Fsp3) is 0.478. The molecular formula is C23H27NO3. The molecule has 2 aliphatic carbocycles. The summed E-state index contributed by atoms with van der Waals surface area (Å²) in [5.74, 6) is 0.885. The Balaban J connectivity index is 1.92. The van der Waals surface area contributed by atoms with Gasteiger partial charge < -0.3 is 9.64 Å². The average Bonchev–Trinajstić information content (AvgIpc) is 2.68. The predicted molar refractivity (Wildman–Crippen MR) is 105 cm³/mol. The quantitative estimate of drug-likeness (QED) is 0.787. The molecule has 1 aromatic carbocycles. The number of ketones is 2. The fourth-order valence-corrected chi connectivity index (χ4v) is 4.73. The molecule has 0 aromatic heterocycles. The molecule has 0 spiro atoms. The average molecular weight is 365 g/mol. The van der Waals surface area contributed by atoms with Gasteiger partial charge in [0.25, 0.3) is 0 Å². The van der Waals surface area contributed by atoms with Crippen LogP contribution in [0.4, 0.5) is 0 Å². The lowest BCUT2D eigenvalue weighted by Crippen LogP contribution is -2.37. The molecule has 1 heterocycles. The maximum atomic E-state index is 13.0. The zero-order valence-electron chi connectivity index (χ0n) is 16.2. The van der Waals surface area contributed by atoms with Crippen LogP contribution in [0.15, 0.2) is 46.8 Å². The summed E-state index contributed by atoms with van der Waals surface area (Å²) in [6.07, 6.45) is 5.63. The molecule has 0 fully saturated rings. The molecule has 0 amide bonds. The highest BCUT2D eigenvalue weighted by molar-refractivity contribution is 6.06. The number of rotatable bonds is 4. The Bertz CT molecular complexity index is 805. The molecule has 0 unspecified atom stereocenters. The molecule has 0 saturated heterocycles. The molecule has 0 N–H and O–H groups in total. The van der Waals surface area contributed by atoms with Crippen LogP contribution in [0.25, 0.3) is 0 Å². The summed E-state index contributed by atoms with van der Waals surface area (Å²) in [6, 6.07) is 7.93. The summed E-state index contributed by atoms with van der Waals surface area (Å²) >= 11 is 0. The van der Waals surface area contributed by atoms with Crippen molar-refractivity contribution < 1.29 is 14.3 Å². The first-order valence-electron chi connectivity index (χ1n) is 10.1. The lowest BCUT2D eigenvalue weighted by atomic mass is 9.71. The van der Waals surface area contributed by atoms with E-state index in [0.717, 1.165) is 66.0 Å². The van der Waals surface area contributed by atoms with E-state index < -0.39 is 0 Å². The van der Waals surface area contributed by atoms with E-state index in [0.29, 0.717) is 19.4 Å². The molecule has 1 aliphatic heterocycles. The summed E-state index contributed by atoms with van der Waals surface area (Å²) < 4.78 is 6.01. The van der Waals surface area contributed by atoms with E-state index in [-0.39, 0.29) is 17.5 Å². The molecule has 142 valence electrons. The van der Waals surface area contributed by atoms with Crippen molar-refractivity contribution in [2.24, 2.45) is 0 Å². The highest BCUT2D eigenvalue weighted by Crippen LogP contribution is 2.50. The number of carbonyl (C=O) groups excluding carboxylic acids is 2. The molecule has 0 atom stereocenters. The molecule has 27 heavy (non-hydrogen) atoms. The molecule has 4 nitrogen and oxygen atoms in total. The summed E-state index contributed by atoms with van der Waals surface area (Å²) in [5.41, 5.74) is 4.82. The van der Waals surface area contributed by atoms with Crippen molar-refractivity contribution >= 4 is 11.6 Å². The largest absolute Gasteiger partial charge is 0.493 e.